The van der Waals surface area contributed by atoms with Gasteiger partial charge in [-0.2, -0.15) is 0 Å². The first-order chi connectivity index (χ1) is 14.2. The summed E-state index contributed by atoms with van der Waals surface area (Å²) in [6.07, 6.45) is 0.844. The molecule has 1 aliphatic rings. The first-order valence-corrected chi connectivity index (χ1v) is 9.52. The van der Waals surface area contributed by atoms with Crippen LogP contribution in [-0.4, -0.2) is 35.6 Å². The Morgan fingerprint density at radius 3 is 2.62 bits per heavy atom. The first-order valence-electron chi connectivity index (χ1n) is 9.52. The zero-order chi connectivity index (χ0) is 20.1. The number of carbonyl (C=O) groups excluding carboxylic acids is 1. The third-order valence-electron chi connectivity index (χ3n) is 4.43. The Hall–Kier alpha value is -3.61. The molecule has 0 saturated carbocycles. The number of benzene rings is 2. The van der Waals surface area contributed by atoms with Gasteiger partial charge in [0, 0.05) is 24.0 Å². The molecule has 1 aromatic heterocycles. The molecular weight excluding hydrogens is 368 g/mol. The number of fused-ring (bicyclic) bond motifs is 1. The summed E-state index contributed by atoms with van der Waals surface area (Å²) in [4.78, 5) is 21.4. The number of anilines is 2. The number of ether oxygens (including phenoxy) is 2. The number of carbonyl (C=O) groups is 1. The van der Waals surface area contributed by atoms with E-state index >= 15 is 0 Å². The highest BCUT2D eigenvalue weighted by Crippen LogP contribution is 2.32. The van der Waals surface area contributed by atoms with Gasteiger partial charge in [-0.25, -0.2) is 9.97 Å². The predicted molar refractivity (Wildman–Crippen MR) is 111 cm³/mol. The minimum atomic E-state index is -0.307. The van der Waals surface area contributed by atoms with Crippen molar-refractivity contribution in [2.75, 3.05) is 30.4 Å². The van der Waals surface area contributed by atoms with Crippen LogP contribution in [0.25, 0.3) is 0 Å². The van der Waals surface area contributed by atoms with Crippen LogP contribution in [-0.2, 0) is 6.42 Å². The Morgan fingerprint density at radius 1 is 1.00 bits per heavy atom. The van der Waals surface area contributed by atoms with Crippen LogP contribution in [0.3, 0.4) is 0 Å². The Balaban J connectivity index is 1.41. The molecule has 0 unspecified atom stereocenters. The molecule has 0 saturated heterocycles. The van der Waals surface area contributed by atoms with Gasteiger partial charge in [0.15, 0.2) is 11.5 Å². The summed E-state index contributed by atoms with van der Waals surface area (Å²) in [5, 5.41) is 6.05. The van der Waals surface area contributed by atoms with Crippen molar-refractivity contribution < 1.29 is 14.3 Å². The molecule has 3 aromatic rings. The van der Waals surface area contributed by atoms with Crippen LogP contribution in [0.5, 0.6) is 11.5 Å². The summed E-state index contributed by atoms with van der Waals surface area (Å²) in [5.41, 5.74) is 2.86. The fraction of sp³-hybridized carbons (Fsp3) is 0.227. The lowest BCUT2D eigenvalue weighted by atomic mass is 10.1. The number of nitrogens with one attached hydrogen (secondary N) is 2. The lowest BCUT2D eigenvalue weighted by Crippen LogP contribution is -2.18. The van der Waals surface area contributed by atoms with Gasteiger partial charge in [0.05, 0.1) is 0 Å². The van der Waals surface area contributed by atoms with Crippen LogP contribution in [0.15, 0.2) is 54.6 Å². The fourth-order valence-electron chi connectivity index (χ4n) is 3.04. The van der Waals surface area contributed by atoms with Crippen molar-refractivity contribution in [1.29, 1.82) is 0 Å². The molecule has 2 aromatic carbocycles. The predicted octanol–water partition coefficient (Wildman–Crippen LogP) is 3.46. The lowest BCUT2D eigenvalue weighted by molar-refractivity contribution is 0.102. The Morgan fingerprint density at radius 2 is 1.79 bits per heavy atom. The summed E-state index contributed by atoms with van der Waals surface area (Å²) in [6, 6.07) is 17.1. The van der Waals surface area contributed by atoms with Gasteiger partial charge in [-0.05, 0) is 37.1 Å². The molecule has 4 rings (SSSR count). The monoisotopic (exact) mass is 390 g/mol. The summed E-state index contributed by atoms with van der Waals surface area (Å²) in [5.74, 6) is 1.43. The molecule has 0 spiro atoms. The number of aryl methyl sites for hydroxylation is 1. The van der Waals surface area contributed by atoms with Gasteiger partial charge in [0.1, 0.15) is 18.9 Å². The third kappa shape index (κ3) is 4.82. The number of aromatic nitrogens is 2. The molecular formula is C22H22N4O3. The molecule has 0 atom stereocenters. The average Bonchev–Trinajstić information content (AvgIpc) is 2.74. The van der Waals surface area contributed by atoms with Gasteiger partial charge in [-0.3, -0.25) is 4.79 Å². The van der Waals surface area contributed by atoms with Gasteiger partial charge in [-0.15, -0.1) is 0 Å². The van der Waals surface area contributed by atoms with E-state index in [-0.39, 0.29) is 5.91 Å². The molecule has 29 heavy (non-hydrogen) atoms. The van der Waals surface area contributed by atoms with Crippen LogP contribution in [0.1, 0.15) is 21.7 Å². The SMILES string of the molecule is Cc1cc(C(=O)Nc2ccc3c(c2)OCCO3)nc(NCCc2ccccc2)n1. The van der Waals surface area contributed by atoms with Gasteiger partial charge >= 0.3 is 0 Å². The number of hydrogen-bond acceptors (Lipinski definition) is 6. The van der Waals surface area contributed by atoms with Crippen LogP contribution < -0.4 is 20.1 Å². The molecule has 148 valence electrons. The third-order valence-corrected chi connectivity index (χ3v) is 4.43. The van der Waals surface area contributed by atoms with E-state index in [1.807, 2.05) is 25.1 Å². The second-order valence-electron chi connectivity index (χ2n) is 6.69. The maximum absolute atomic E-state index is 12.7. The number of nitrogens with zero attached hydrogens (tertiary/aromatic N) is 2. The number of hydrogen-bond donors (Lipinski definition) is 2. The van der Waals surface area contributed by atoms with Crippen LogP contribution in [0, 0.1) is 6.92 Å². The second-order valence-corrected chi connectivity index (χ2v) is 6.69. The summed E-state index contributed by atoms with van der Waals surface area (Å²) in [6.45, 7) is 3.54. The largest absolute Gasteiger partial charge is 0.486 e. The van der Waals surface area contributed by atoms with E-state index in [1.54, 1.807) is 24.3 Å². The smallest absolute Gasteiger partial charge is 0.274 e. The standard InChI is InChI=1S/C22H22N4O3/c1-15-13-18(26-22(24-15)23-10-9-16-5-3-2-4-6-16)21(27)25-17-7-8-19-20(14-17)29-12-11-28-19/h2-8,13-14H,9-12H2,1H3,(H,25,27)(H,23,24,26). The minimum Gasteiger partial charge on any atom is -0.486 e. The van der Waals surface area contributed by atoms with E-state index in [4.69, 9.17) is 9.47 Å². The first kappa shape index (κ1) is 18.7. The molecule has 1 amide bonds. The molecule has 0 bridgehead atoms. The highest BCUT2D eigenvalue weighted by atomic mass is 16.6. The normalized spacial score (nSPS) is 12.3. The van der Waals surface area contributed by atoms with Crippen molar-refractivity contribution in [1.82, 2.24) is 9.97 Å². The van der Waals surface area contributed by atoms with Gasteiger partial charge in [0.2, 0.25) is 5.95 Å². The summed E-state index contributed by atoms with van der Waals surface area (Å²) < 4.78 is 11.1. The zero-order valence-electron chi connectivity index (χ0n) is 16.1. The molecule has 2 N–H and O–H groups in total. The molecule has 0 radical (unpaired) electrons. The van der Waals surface area contributed by atoms with E-state index in [0.717, 1.165) is 12.1 Å². The second kappa shape index (κ2) is 8.60. The van der Waals surface area contributed by atoms with Crippen molar-refractivity contribution in [3.05, 3.63) is 71.5 Å². The highest BCUT2D eigenvalue weighted by Gasteiger charge is 2.15. The number of amides is 1. The highest BCUT2D eigenvalue weighted by molar-refractivity contribution is 6.03. The quantitative estimate of drug-likeness (QED) is 0.670. The molecule has 2 heterocycles. The van der Waals surface area contributed by atoms with E-state index in [1.165, 1.54) is 5.56 Å². The Labute approximate surface area is 169 Å². The lowest BCUT2D eigenvalue weighted by Gasteiger charge is -2.19. The molecule has 7 nitrogen and oxygen atoms in total. The van der Waals surface area contributed by atoms with Crippen molar-refractivity contribution in [3.63, 3.8) is 0 Å². The van der Waals surface area contributed by atoms with E-state index in [9.17, 15) is 4.79 Å². The fourth-order valence-corrected chi connectivity index (χ4v) is 3.04. The average molecular weight is 390 g/mol. The van der Waals surface area contributed by atoms with Gasteiger partial charge in [0.25, 0.3) is 5.91 Å². The van der Waals surface area contributed by atoms with Crippen molar-refractivity contribution in [2.45, 2.75) is 13.3 Å². The van der Waals surface area contributed by atoms with E-state index in [2.05, 4.69) is 32.7 Å². The Bertz CT molecular complexity index is 1010. The summed E-state index contributed by atoms with van der Waals surface area (Å²) in [7, 11) is 0. The molecule has 1 aliphatic heterocycles. The van der Waals surface area contributed by atoms with Gasteiger partial charge in [-0.1, -0.05) is 30.3 Å². The van der Waals surface area contributed by atoms with Crippen LogP contribution in [0.4, 0.5) is 11.6 Å². The van der Waals surface area contributed by atoms with E-state index < -0.39 is 0 Å². The van der Waals surface area contributed by atoms with Crippen molar-refractivity contribution in [3.8, 4) is 11.5 Å². The van der Waals surface area contributed by atoms with Crippen LogP contribution in [0.2, 0.25) is 0 Å². The molecule has 0 fully saturated rings. The zero-order valence-corrected chi connectivity index (χ0v) is 16.1. The topological polar surface area (TPSA) is 85.4 Å². The van der Waals surface area contributed by atoms with Crippen molar-refractivity contribution >= 4 is 17.5 Å². The van der Waals surface area contributed by atoms with E-state index in [0.29, 0.717) is 48.6 Å². The Kier molecular flexibility index (Phi) is 5.56. The van der Waals surface area contributed by atoms with Crippen molar-refractivity contribution in [2.24, 2.45) is 0 Å². The maximum atomic E-state index is 12.7. The molecule has 7 heteroatoms. The summed E-state index contributed by atoms with van der Waals surface area (Å²) >= 11 is 0. The number of rotatable bonds is 6. The van der Waals surface area contributed by atoms with Crippen LogP contribution >= 0.6 is 0 Å². The minimum absolute atomic E-state index is 0.301. The van der Waals surface area contributed by atoms with Gasteiger partial charge < -0.3 is 20.1 Å². The maximum Gasteiger partial charge on any atom is 0.274 e. The molecule has 0 aliphatic carbocycles.